The maximum atomic E-state index is 13.5. The quantitative estimate of drug-likeness (QED) is 0.844. The largest absolute Gasteiger partial charge is 0.384 e. The van der Waals surface area contributed by atoms with Gasteiger partial charge in [0.15, 0.2) is 0 Å². The van der Waals surface area contributed by atoms with Gasteiger partial charge in [-0.2, -0.15) is 5.26 Å². The van der Waals surface area contributed by atoms with Crippen LogP contribution < -0.4 is 0 Å². The van der Waals surface area contributed by atoms with Crippen molar-refractivity contribution in [1.82, 2.24) is 0 Å². The van der Waals surface area contributed by atoms with Gasteiger partial charge < -0.3 is 5.11 Å². The van der Waals surface area contributed by atoms with E-state index >= 15 is 0 Å². The molecular weight excluding hydrogens is 276 g/mol. The van der Waals surface area contributed by atoms with E-state index in [-0.39, 0.29) is 15.6 Å². The maximum absolute atomic E-state index is 13.5. The van der Waals surface area contributed by atoms with Gasteiger partial charge in [0.05, 0.1) is 16.5 Å². The fraction of sp³-hybridized carbons (Fsp3) is 0.462. The summed E-state index contributed by atoms with van der Waals surface area (Å²) in [7, 11) is 0. The molecule has 2 unspecified atom stereocenters. The van der Waals surface area contributed by atoms with Crippen molar-refractivity contribution in [2.24, 2.45) is 5.41 Å². The molecule has 0 saturated carbocycles. The number of hydrogen-bond donors (Lipinski definition) is 1. The molecule has 0 aromatic heterocycles. The Kier molecular flexibility index (Phi) is 4.27. The minimum atomic E-state index is -1.57. The number of hydrogen-bond acceptors (Lipinski definition) is 2. The van der Waals surface area contributed by atoms with Gasteiger partial charge in [0.25, 0.3) is 0 Å². The fourth-order valence-electron chi connectivity index (χ4n) is 1.72. The maximum Gasteiger partial charge on any atom is 0.142 e. The Morgan fingerprint density at radius 2 is 1.89 bits per heavy atom. The average Bonchev–Trinajstić information content (AvgIpc) is 2.32. The second-order valence-electron chi connectivity index (χ2n) is 4.62. The summed E-state index contributed by atoms with van der Waals surface area (Å²) in [6.45, 7) is 4.84. The Morgan fingerprint density at radius 1 is 1.33 bits per heavy atom. The van der Waals surface area contributed by atoms with Gasteiger partial charge in [-0.25, -0.2) is 4.39 Å². The molecule has 0 fully saturated rings. The first-order valence-corrected chi connectivity index (χ1v) is 6.24. The van der Waals surface area contributed by atoms with E-state index in [9.17, 15) is 14.8 Å². The molecule has 0 aliphatic heterocycles. The first-order chi connectivity index (χ1) is 8.19. The van der Waals surface area contributed by atoms with Crippen LogP contribution in [0.4, 0.5) is 4.39 Å². The van der Waals surface area contributed by atoms with E-state index in [2.05, 4.69) is 6.07 Å². The topological polar surface area (TPSA) is 44.0 Å². The molecule has 1 rings (SSSR count). The Labute approximate surface area is 116 Å². The minimum absolute atomic E-state index is 0.116. The van der Waals surface area contributed by atoms with Crippen molar-refractivity contribution in [3.63, 3.8) is 0 Å². The molecule has 0 saturated heterocycles. The van der Waals surface area contributed by atoms with E-state index < -0.39 is 16.8 Å². The highest BCUT2D eigenvalue weighted by atomic mass is 35.5. The summed E-state index contributed by atoms with van der Waals surface area (Å²) in [5.41, 5.74) is -2.48. The van der Waals surface area contributed by atoms with Crippen LogP contribution in [0, 0.1) is 22.6 Å². The molecule has 1 aromatic rings. The Balaban J connectivity index is 3.47. The summed E-state index contributed by atoms with van der Waals surface area (Å²) in [4.78, 5) is 0. The smallest absolute Gasteiger partial charge is 0.142 e. The van der Waals surface area contributed by atoms with Crippen LogP contribution in [0.25, 0.3) is 0 Å². The van der Waals surface area contributed by atoms with Gasteiger partial charge in [0.1, 0.15) is 11.4 Å². The monoisotopic (exact) mass is 289 g/mol. The number of nitriles is 1. The van der Waals surface area contributed by atoms with E-state index in [0.717, 1.165) is 6.07 Å². The predicted molar refractivity (Wildman–Crippen MR) is 70.0 cm³/mol. The highest BCUT2D eigenvalue weighted by Gasteiger charge is 2.45. The van der Waals surface area contributed by atoms with Crippen LogP contribution >= 0.6 is 23.2 Å². The molecule has 18 heavy (non-hydrogen) atoms. The number of halogens is 3. The van der Waals surface area contributed by atoms with E-state index in [1.807, 2.05) is 0 Å². The lowest BCUT2D eigenvalue weighted by Crippen LogP contribution is -2.40. The first-order valence-electron chi connectivity index (χ1n) is 5.48. The lowest BCUT2D eigenvalue weighted by Gasteiger charge is -2.37. The molecule has 2 atom stereocenters. The Hall–Kier alpha value is -0.820. The number of aliphatic hydroxyl groups is 1. The predicted octanol–water partition coefficient (Wildman–Crippen LogP) is 4.28. The first kappa shape index (κ1) is 15.2. The standard InChI is InChI=1S/C13H14Cl2FNO/c1-4-12(2,7-17)13(3,18)8-5-11(16)10(15)6-9(8)14/h5-6,18H,4H2,1-3H3. The zero-order chi connectivity index (χ0) is 14.1. The second-order valence-corrected chi connectivity index (χ2v) is 5.43. The molecule has 1 N–H and O–H groups in total. The van der Waals surface area contributed by atoms with Gasteiger partial charge in [0, 0.05) is 10.6 Å². The van der Waals surface area contributed by atoms with Gasteiger partial charge in [-0.1, -0.05) is 30.1 Å². The van der Waals surface area contributed by atoms with Crippen molar-refractivity contribution in [1.29, 1.82) is 5.26 Å². The Morgan fingerprint density at radius 3 is 2.33 bits per heavy atom. The summed E-state index contributed by atoms with van der Waals surface area (Å²) in [5, 5.41) is 19.8. The lowest BCUT2D eigenvalue weighted by atomic mass is 9.70. The molecule has 0 aliphatic rings. The highest BCUT2D eigenvalue weighted by molar-refractivity contribution is 6.35. The SMILES string of the molecule is CCC(C)(C#N)C(C)(O)c1cc(F)c(Cl)cc1Cl. The van der Waals surface area contributed by atoms with Gasteiger partial charge in [0.2, 0.25) is 0 Å². The van der Waals surface area contributed by atoms with E-state index in [0.29, 0.717) is 6.42 Å². The third-order valence-corrected chi connectivity index (χ3v) is 4.17. The zero-order valence-electron chi connectivity index (χ0n) is 10.4. The van der Waals surface area contributed by atoms with E-state index in [1.54, 1.807) is 13.8 Å². The van der Waals surface area contributed by atoms with Crippen LogP contribution in [0.1, 0.15) is 32.8 Å². The number of benzene rings is 1. The van der Waals surface area contributed by atoms with Crippen LogP contribution in [0.5, 0.6) is 0 Å². The van der Waals surface area contributed by atoms with Gasteiger partial charge >= 0.3 is 0 Å². The molecule has 0 radical (unpaired) electrons. The van der Waals surface area contributed by atoms with Gasteiger partial charge in [-0.05, 0) is 32.4 Å². The molecular formula is C13H14Cl2FNO. The summed E-state index contributed by atoms with van der Waals surface area (Å²) in [6, 6.07) is 4.38. The van der Waals surface area contributed by atoms with E-state index in [4.69, 9.17) is 23.2 Å². The van der Waals surface area contributed by atoms with Crippen LogP contribution in [-0.4, -0.2) is 5.11 Å². The van der Waals surface area contributed by atoms with Crippen molar-refractivity contribution in [3.05, 3.63) is 33.6 Å². The summed E-state index contributed by atoms with van der Waals surface area (Å²) < 4.78 is 13.5. The summed E-state index contributed by atoms with van der Waals surface area (Å²) in [5.74, 6) is -0.673. The number of rotatable bonds is 3. The third-order valence-electron chi connectivity index (χ3n) is 3.56. The fourth-order valence-corrected chi connectivity index (χ4v) is 2.29. The normalized spacial score (nSPS) is 17.7. The molecule has 98 valence electrons. The highest BCUT2D eigenvalue weighted by Crippen LogP contribution is 2.45. The Bertz CT molecular complexity index is 510. The van der Waals surface area contributed by atoms with E-state index in [1.165, 1.54) is 13.0 Å². The molecule has 0 spiro atoms. The zero-order valence-corrected chi connectivity index (χ0v) is 11.9. The van der Waals surface area contributed by atoms with Gasteiger partial charge in [-0.3, -0.25) is 0 Å². The molecule has 0 heterocycles. The van der Waals surface area contributed by atoms with Gasteiger partial charge in [-0.15, -0.1) is 0 Å². The minimum Gasteiger partial charge on any atom is -0.384 e. The van der Waals surface area contributed by atoms with Crippen LogP contribution in [-0.2, 0) is 5.60 Å². The molecule has 0 bridgehead atoms. The van der Waals surface area contributed by atoms with Crippen LogP contribution in [0.2, 0.25) is 10.0 Å². The molecule has 0 amide bonds. The number of nitrogens with zero attached hydrogens (tertiary/aromatic N) is 1. The van der Waals surface area contributed by atoms with Crippen LogP contribution in [0.15, 0.2) is 12.1 Å². The lowest BCUT2D eigenvalue weighted by molar-refractivity contribution is -0.0381. The van der Waals surface area contributed by atoms with Crippen molar-refractivity contribution in [3.8, 4) is 6.07 Å². The summed E-state index contributed by atoms with van der Waals surface area (Å²) >= 11 is 11.6. The molecule has 5 heteroatoms. The third kappa shape index (κ3) is 2.33. The average molecular weight is 290 g/mol. The molecule has 2 nitrogen and oxygen atoms in total. The van der Waals surface area contributed by atoms with Crippen molar-refractivity contribution in [2.75, 3.05) is 0 Å². The molecule has 1 aromatic carbocycles. The second kappa shape index (κ2) is 5.05. The van der Waals surface area contributed by atoms with Crippen molar-refractivity contribution < 1.29 is 9.50 Å². The summed E-state index contributed by atoms with van der Waals surface area (Å²) in [6.07, 6.45) is 0.400. The van der Waals surface area contributed by atoms with Crippen molar-refractivity contribution in [2.45, 2.75) is 32.8 Å². The molecule has 0 aliphatic carbocycles. The van der Waals surface area contributed by atoms with Crippen molar-refractivity contribution >= 4 is 23.2 Å². The van der Waals surface area contributed by atoms with Crippen LogP contribution in [0.3, 0.4) is 0 Å².